The fraction of sp³-hybridized carbons (Fsp3) is 0.381. The molecular formula is C21H25NO. The van der Waals surface area contributed by atoms with Crippen LogP contribution in [0.3, 0.4) is 0 Å². The van der Waals surface area contributed by atoms with Gasteiger partial charge in [0.25, 0.3) is 0 Å². The standard InChI is InChI=1S/C21H25NO/c1-21(2)18-11-7-6-10-17(18)12-13-19(21)20(23)22-15-14-16-8-4-3-5-9-16/h3-11,19H,12-15H2,1-2H3,(H,22,23). The molecule has 0 spiro atoms. The van der Waals surface area contributed by atoms with Crippen molar-refractivity contribution in [2.24, 2.45) is 5.92 Å². The number of benzene rings is 2. The van der Waals surface area contributed by atoms with E-state index in [1.54, 1.807) is 0 Å². The SMILES string of the molecule is CC1(C)c2ccccc2CCC1C(=O)NCCc1ccccc1. The summed E-state index contributed by atoms with van der Waals surface area (Å²) in [5, 5.41) is 3.15. The average molecular weight is 307 g/mol. The van der Waals surface area contributed by atoms with Crippen molar-refractivity contribution in [3.8, 4) is 0 Å². The highest BCUT2D eigenvalue weighted by molar-refractivity contribution is 5.81. The third kappa shape index (κ3) is 3.31. The summed E-state index contributed by atoms with van der Waals surface area (Å²) in [7, 11) is 0. The van der Waals surface area contributed by atoms with E-state index in [1.165, 1.54) is 16.7 Å². The Hall–Kier alpha value is -2.09. The molecule has 120 valence electrons. The fourth-order valence-electron chi connectivity index (χ4n) is 3.77. The van der Waals surface area contributed by atoms with Crippen LogP contribution in [0.25, 0.3) is 0 Å². The molecule has 1 N–H and O–H groups in total. The molecule has 0 heterocycles. The van der Waals surface area contributed by atoms with Gasteiger partial charge in [-0.25, -0.2) is 0 Å². The van der Waals surface area contributed by atoms with Crippen molar-refractivity contribution in [2.45, 2.75) is 38.5 Å². The molecule has 2 aromatic carbocycles. The first-order valence-electron chi connectivity index (χ1n) is 8.49. The van der Waals surface area contributed by atoms with Crippen molar-refractivity contribution < 1.29 is 4.79 Å². The predicted molar refractivity (Wildman–Crippen MR) is 94.4 cm³/mol. The smallest absolute Gasteiger partial charge is 0.224 e. The van der Waals surface area contributed by atoms with Gasteiger partial charge in [-0.05, 0) is 36.0 Å². The van der Waals surface area contributed by atoms with Crippen LogP contribution in [0.15, 0.2) is 54.6 Å². The van der Waals surface area contributed by atoms with Gasteiger partial charge in [-0.1, -0.05) is 68.4 Å². The largest absolute Gasteiger partial charge is 0.356 e. The molecule has 0 radical (unpaired) electrons. The molecule has 0 aliphatic heterocycles. The monoisotopic (exact) mass is 307 g/mol. The predicted octanol–water partition coefficient (Wildman–Crippen LogP) is 3.89. The van der Waals surface area contributed by atoms with Gasteiger partial charge < -0.3 is 5.32 Å². The Labute approximate surface area is 138 Å². The first-order valence-corrected chi connectivity index (χ1v) is 8.49. The Bertz CT molecular complexity index is 675. The molecular weight excluding hydrogens is 282 g/mol. The minimum atomic E-state index is -0.105. The van der Waals surface area contributed by atoms with E-state index in [0.717, 1.165) is 19.3 Å². The second kappa shape index (κ2) is 6.57. The van der Waals surface area contributed by atoms with Crippen molar-refractivity contribution in [1.82, 2.24) is 5.32 Å². The van der Waals surface area contributed by atoms with Crippen LogP contribution in [0.1, 0.15) is 37.0 Å². The van der Waals surface area contributed by atoms with E-state index in [2.05, 4.69) is 55.6 Å². The van der Waals surface area contributed by atoms with Gasteiger partial charge in [0.2, 0.25) is 5.91 Å². The lowest BCUT2D eigenvalue weighted by atomic mass is 9.65. The van der Waals surface area contributed by atoms with Gasteiger partial charge in [-0.2, -0.15) is 0 Å². The van der Waals surface area contributed by atoms with Crippen LogP contribution in [-0.2, 0) is 23.1 Å². The van der Waals surface area contributed by atoms with Crippen LogP contribution >= 0.6 is 0 Å². The zero-order valence-corrected chi connectivity index (χ0v) is 14.0. The number of hydrogen-bond acceptors (Lipinski definition) is 1. The Morgan fingerprint density at radius 2 is 1.78 bits per heavy atom. The third-order valence-electron chi connectivity index (χ3n) is 5.16. The highest BCUT2D eigenvalue weighted by Crippen LogP contribution is 2.41. The zero-order chi connectivity index (χ0) is 16.3. The van der Waals surface area contributed by atoms with Gasteiger partial charge in [0.1, 0.15) is 0 Å². The number of nitrogens with one attached hydrogen (secondary N) is 1. The molecule has 2 aromatic rings. The topological polar surface area (TPSA) is 29.1 Å². The van der Waals surface area contributed by atoms with Gasteiger partial charge in [-0.3, -0.25) is 4.79 Å². The average Bonchev–Trinajstić information content (AvgIpc) is 2.56. The van der Waals surface area contributed by atoms with Crippen LogP contribution in [0.4, 0.5) is 0 Å². The first-order chi connectivity index (χ1) is 11.1. The van der Waals surface area contributed by atoms with Crippen LogP contribution in [0, 0.1) is 5.92 Å². The van der Waals surface area contributed by atoms with Crippen molar-refractivity contribution in [3.05, 3.63) is 71.3 Å². The Balaban J connectivity index is 1.64. The van der Waals surface area contributed by atoms with E-state index in [1.807, 2.05) is 18.2 Å². The second-order valence-electron chi connectivity index (χ2n) is 7.00. The molecule has 1 aliphatic rings. The molecule has 0 fully saturated rings. The molecule has 1 atom stereocenters. The van der Waals surface area contributed by atoms with Gasteiger partial charge in [0.05, 0.1) is 0 Å². The van der Waals surface area contributed by atoms with Gasteiger partial charge in [-0.15, -0.1) is 0 Å². The Morgan fingerprint density at radius 1 is 1.09 bits per heavy atom. The summed E-state index contributed by atoms with van der Waals surface area (Å²) >= 11 is 0. The van der Waals surface area contributed by atoms with Crippen LogP contribution < -0.4 is 5.32 Å². The Kier molecular flexibility index (Phi) is 4.51. The Morgan fingerprint density at radius 3 is 2.57 bits per heavy atom. The number of aryl methyl sites for hydroxylation is 1. The molecule has 0 bridgehead atoms. The molecule has 0 saturated carbocycles. The molecule has 1 unspecified atom stereocenters. The summed E-state index contributed by atoms with van der Waals surface area (Å²) in [6, 6.07) is 18.9. The van der Waals surface area contributed by atoms with Crippen LogP contribution in [-0.4, -0.2) is 12.5 Å². The minimum Gasteiger partial charge on any atom is -0.356 e. The minimum absolute atomic E-state index is 0.0492. The molecule has 3 rings (SSSR count). The number of hydrogen-bond donors (Lipinski definition) is 1. The quantitative estimate of drug-likeness (QED) is 0.912. The van der Waals surface area contributed by atoms with E-state index < -0.39 is 0 Å². The van der Waals surface area contributed by atoms with E-state index in [-0.39, 0.29) is 17.2 Å². The van der Waals surface area contributed by atoms with Crippen molar-refractivity contribution in [2.75, 3.05) is 6.54 Å². The van der Waals surface area contributed by atoms with E-state index in [4.69, 9.17) is 0 Å². The van der Waals surface area contributed by atoms with E-state index >= 15 is 0 Å². The van der Waals surface area contributed by atoms with Crippen LogP contribution in [0.5, 0.6) is 0 Å². The molecule has 1 amide bonds. The highest BCUT2D eigenvalue weighted by Gasteiger charge is 2.40. The van der Waals surface area contributed by atoms with Crippen LogP contribution in [0.2, 0.25) is 0 Å². The molecule has 23 heavy (non-hydrogen) atoms. The van der Waals surface area contributed by atoms with Crippen molar-refractivity contribution in [3.63, 3.8) is 0 Å². The molecule has 2 nitrogen and oxygen atoms in total. The maximum absolute atomic E-state index is 12.7. The maximum atomic E-state index is 12.7. The third-order valence-corrected chi connectivity index (χ3v) is 5.16. The zero-order valence-electron chi connectivity index (χ0n) is 14.0. The highest BCUT2D eigenvalue weighted by atomic mass is 16.1. The number of carbonyl (C=O) groups is 1. The van der Waals surface area contributed by atoms with E-state index in [0.29, 0.717) is 6.54 Å². The summed E-state index contributed by atoms with van der Waals surface area (Å²) < 4.78 is 0. The number of carbonyl (C=O) groups excluding carboxylic acids is 1. The van der Waals surface area contributed by atoms with Crippen molar-refractivity contribution in [1.29, 1.82) is 0 Å². The summed E-state index contributed by atoms with van der Waals surface area (Å²) in [5.74, 6) is 0.244. The summed E-state index contributed by atoms with van der Waals surface area (Å²) in [5.41, 5.74) is 3.88. The maximum Gasteiger partial charge on any atom is 0.224 e. The lowest BCUT2D eigenvalue weighted by Gasteiger charge is -2.39. The van der Waals surface area contributed by atoms with Gasteiger partial charge in [0.15, 0.2) is 0 Å². The summed E-state index contributed by atoms with van der Waals surface area (Å²) in [6.45, 7) is 5.11. The number of rotatable bonds is 4. The fourth-order valence-corrected chi connectivity index (χ4v) is 3.77. The normalized spacial score (nSPS) is 19.0. The lowest BCUT2D eigenvalue weighted by Crippen LogP contribution is -2.44. The molecule has 0 saturated heterocycles. The molecule has 2 heteroatoms. The van der Waals surface area contributed by atoms with Gasteiger partial charge in [0, 0.05) is 17.9 Å². The number of amides is 1. The first kappa shape index (κ1) is 15.8. The summed E-state index contributed by atoms with van der Waals surface area (Å²) in [6.07, 6.45) is 2.81. The molecule has 1 aliphatic carbocycles. The lowest BCUT2D eigenvalue weighted by molar-refractivity contribution is -0.127. The van der Waals surface area contributed by atoms with E-state index in [9.17, 15) is 4.79 Å². The second-order valence-corrected chi connectivity index (χ2v) is 7.00. The molecule has 0 aromatic heterocycles. The van der Waals surface area contributed by atoms with Gasteiger partial charge >= 0.3 is 0 Å². The summed E-state index contributed by atoms with van der Waals surface area (Å²) in [4.78, 5) is 12.7. The number of fused-ring (bicyclic) bond motifs is 1. The van der Waals surface area contributed by atoms with Crippen molar-refractivity contribution >= 4 is 5.91 Å².